The first-order valence-electron chi connectivity index (χ1n) is 7.06. The molecule has 0 aliphatic heterocycles. The molecule has 2 aromatic rings. The number of rotatable bonds is 7. The Morgan fingerprint density at radius 3 is 2.45 bits per heavy atom. The van der Waals surface area contributed by atoms with Crippen molar-refractivity contribution in [3.8, 4) is 11.5 Å². The molecule has 1 amide bonds. The molecule has 2 rings (SSSR count). The number of methoxy groups -OCH3 is 1. The number of anilines is 1. The van der Waals surface area contributed by atoms with Crippen molar-refractivity contribution in [2.45, 2.75) is 6.42 Å². The van der Waals surface area contributed by atoms with Crippen molar-refractivity contribution < 1.29 is 14.3 Å². The molecule has 0 saturated heterocycles. The average molecular weight is 300 g/mol. The number of para-hydroxylation sites is 2. The summed E-state index contributed by atoms with van der Waals surface area (Å²) < 4.78 is 10.6. The van der Waals surface area contributed by atoms with E-state index in [0.29, 0.717) is 18.0 Å². The molecule has 3 N–H and O–H groups in total. The van der Waals surface area contributed by atoms with Gasteiger partial charge < -0.3 is 20.5 Å². The van der Waals surface area contributed by atoms with Gasteiger partial charge in [0, 0.05) is 12.2 Å². The van der Waals surface area contributed by atoms with Crippen molar-refractivity contribution in [1.29, 1.82) is 0 Å². The van der Waals surface area contributed by atoms with E-state index >= 15 is 0 Å². The van der Waals surface area contributed by atoms with Crippen LogP contribution >= 0.6 is 0 Å². The van der Waals surface area contributed by atoms with Gasteiger partial charge in [-0.1, -0.05) is 24.3 Å². The predicted octanol–water partition coefficient (Wildman–Crippen LogP) is 2.02. The second-order valence-electron chi connectivity index (χ2n) is 4.78. The Morgan fingerprint density at radius 1 is 1.09 bits per heavy atom. The smallest absolute Gasteiger partial charge is 0.257 e. The van der Waals surface area contributed by atoms with Crippen LogP contribution in [0.5, 0.6) is 11.5 Å². The number of hydrogen-bond acceptors (Lipinski definition) is 4. The molecule has 0 saturated carbocycles. The highest BCUT2D eigenvalue weighted by Crippen LogP contribution is 2.25. The molecule has 0 fully saturated rings. The highest BCUT2D eigenvalue weighted by molar-refractivity contribution is 5.77. The summed E-state index contributed by atoms with van der Waals surface area (Å²) in [6, 6.07) is 14.8. The number of nitrogens with one attached hydrogen (secondary N) is 1. The van der Waals surface area contributed by atoms with Crippen LogP contribution in [0.3, 0.4) is 0 Å². The van der Waals surface area contributed by atoms with Gasteiger partial charge in [0.2, 0.25) is 0 Å². The topological polar surface area (TPSA) is 73.6 Å². The van der Waals surface area contributed by atoms with E-state index in [1.54, 1.807) is 19.2 Å². The molecule has 0 heterocycles. The largest absolute Gasteiger partial charge is 0.493 e. The Hall–Kier alpha value is -2.69. The summed E-state index contributed by atoms with van der Waals surface area (Å²) in [5.74, 6) is 0.997. The van der Waals surface area contributed by atoms with E-state index in [9.17, 15) is 4.79 Å². The third-order valence-electron chi connectivity index (χ3n) is 3.14. The van der Waals surface area contributed by atoms with E-state index in [1.807, 2.05) is 36.4 Å². The lowest BCUT2D eigenvalue weighted by Crippen LogP contribution is -2.30. The highest BCUT2D eigenvalue weighted by atomic mass is 16.5. The van der Waals surface area contributed by atoms with Gasteiger partial charge in [0.25, 0.3) is 5.91 Å². The summed E-state index contributed by atoms with van der Waals surface area (Å²) in [5.41, 5.74) is 7.48. The van der Waals surface area contributed by atoms with Crippen LogP contribution in [0.4, 0.5) is 5.69 Å². The fourth-order valence-corrected chi connectivity index (χ4v) is 1.96. The fourth-order valence-electron chi connectivity index (χ4n) is 1.96. The number of ether oxygens (including phenoxy) is 2. The van der Waals surface area contributed by atoms with Gasteiger partial charge in [-0.15, -0.1) is 0 Å². The van der Waals surface area contributed by atoms with Gasteiger partial charge in [-0.25, -0.2) is 0 Å². The molecule has 0 unspecified atom stereocenters. The lowest BCUT2D eigenvalue weighted by atomic mass is 10.1. The summed E-state index contributed by atoms with van der Waals surface area (Å²) in [4.78, 5) is 11.8. The second kappa shape index (κ2) is 7.93. The van der Waals surface area contributed by atoms with Crippen molar-refractivity contribution in [2.75, 3.05) is 26.0 Å². The van der Waals surface area contributed by atoms with Crippen LogP contribution < -0.4 is 20.5 Å². The summed E-state index contributed by atoms with van der Waals surface area (Å²) in [6.45, 7) is 0.514. The van der Waals surface area contributed by atoms with E-state index in [-0.39, 0.29) is 12.5 Å². The molecule has 0 radical (unpaired) electrons. The van der Waals surface area contributed by atoms with Gasteiger partial charge in [0.05, 0.1) is 7.11 Å². The Bertz CT molecular complexity index is 612. The Labute approximate surface area is 130 Å². The molecule has 0 aliphatic carbocycles. The van der Waals surface area contributed by atoms with Crippen LogP contribution in [0, 0.1) is 0 Å². The molecule has 5 nitrogen and oxygen atoms in total. The Balaban J connectivity index is 1.73. The summed E-state index contributed by atoms with van der Waals surface area (Å²) in [5, 5.41) is 2.82. The van der Waals surface area contributed by atoms with E-state index in [1.165, 1.54) is 0 Å². The molecule has 116 valence electrons. The SMILES string of the molecule is COc1ccccc1OCC(=O)NCCc1ccc(N)cc1. The maximum atomic E-state index is 11.8. The number of hydrogen-bond donors (Lipinski definition) is 2. The monoisotopic (exact) mass is 300 g/mol. The second-order valence-corrected chi connectivity index (χ2v) is 4.78. The fraction of sp³-hybridized carbons (Fsp3) is 0.235. The van der Waals surface area contributed by atoms with Gasteiger partial charge in [0.15, 0.2) is 18.1 Å². The maximum Gasteiger partial charge on any atom is 0.257 e. The van der Waals surface area contributed by atoms with Gasteiger partial charge in [-0.2, -0.15) is 0 Å². The van der Waals surface area contributed by atoms with Crippen LogP contribution in [0.1, 0.15) is 5.56 Å². The van der Waals surface area contributed by atoms with Gasteiger partial charge in [0.1, 0.15) is 0 Å². The minimum Gasteiger partial charge on any atom is -0.493 e. The van der Waals surface area contributed by atoms with Crippen molar-refractivity contribution in [1.82, 2.24) is 5.32 Å². The minimum absolute atomic E-state index is 0.0396. The highest BCUT2D eigenvalue weighted by Gasteiger charge is 2.06. The molecule has 22 heavy (non-hydrogen) atoms. The third kappa shape index (κ3) is 4.70. The van der Waals surface area contributed by atoms with Gasteiger partial charge in [-0.3, -0.25) is 4.79 Å². The van der Waals surface area contributed by atoms with Crippen LogP contribution in [-0.2, 0) is 11.2 Å². The molecule has 0 aliphatic rings. The molecule has 0 aromatic heterocycles. The molecular weight excluding hydrogens is 280 g/mol. The minimum atomic E-state index is -0.165. The van der Waals surface area contributed by atoms with Crippen LogP contribution in [-0.4, -0.2) is 26.2 Å². The molecule has 2 aromatic carbocycles. The van der Waals surface area contributed by atoms with E-state index in [2.05, 4.69) is 5.32 Å². The molecule has 5 heteroatoms. The Morgan fingerprint density at radius 2 is 1.77 bits per heavy atom. The predicted molar refractivity (Wildman–Crippen MR) is 86.1 cm³/mol. The first-order chi connectivity index (χ1) is 10.7. The van der Waals surface area contributed by atoms with Crippen molar-refractivity contribution in [3.05, 3.63) is 54.1 Å². The summed E-state index contributed by atoms with van der Waals surface area (Å²) >= 11 is 0. The number of carbonyl (C=O) groups excluding carboxylic acids is 1. The number of benzene rings is 2. The molecular formula is C17H20N2O3. The quantitative estimate of drug-likeness (QED) is 0.767. The lowest BCUT2D eigenvalue weighted by molar-refractivity contribution is -0.123. The van der Waals surface area contributed by atoms with Crippen LogP contribution in [0.25, 0.3) is 0 Å². The zero-order valence-electron chi connectivity index (χ0n) is 12.5. The summed E-state index contributed by atoms with van der Waals surface area (Å²) in [7, 11) is 1.56. The van der Waals surface area contributed by atoms with Crippen LogP contribution in [0.2, 0.25) is 0 Å². The van der Waals surface area contributed by atoms with Crippen LogP contribution in [0.15, 0.2) is 48.5 Å². The normalized spacial score (nSPS) is 10.0. The number of nitrogen functional groups attached to an aromatic ring is 1. The number of carbonyl (C=O) groups is 1. The average Bonchev–Trinajstić information content (AvgIpc) is 2.55. The third-order valence-corrected chi connectivity index (χ3v) is 3.14. The standard InChI is InChI=1S/C17H20N2O3/c1-21-15-4-2-3-5-16(15)22-12-17(20)19-11-10-13-6-8-14(18)9-7-13/h2-9H,10-12,18H2,1H3,(H,19,20). The maximum absolute atomic E-state index is 11.8. The van der Waals surface area contributed by atoms with E-state index in [4.69, 9.17) is 15.2 Å². The van der Waals surface area contributed by atoms with E-state index in [0.717, 1.165) is 17.7 Å². The number of amides is 1. The zero-order valence-corrected chi connectivity index (χ0v) is 12.5. The zero-order chi connectivity index (χ0) is 15.8. The molecule has 0 atom stereocenters. The number of nitrogens with two attached hydrogens (primary N) is 1. The lowest BCUT2D eigenvalue weighted by Gasteiger charge is -2.10. The summed E-state index contributed by atoms with van der Waals surface area (Å²) in [6.07, 6.45) is 0.751. The van der Waals surface area contributed by atoms with Gasteiger partial charge >= 0.3 is 0 Å². The first kappa shape index (κ1) is 15.7. The first-order valence-corrected chi connectivity index (χ1v) is 7.06. The van der Waals surface area contributed by atoms with Crippen molar-refractivity contribution in [3.63, 3.8) is 0 Å². The molecule has 0 bridgehead atoms. The Kier molecular flexibility index (Phi) is 5.65. The van der Waals surface area contributed by atoms with Crippen molar-refractivity contribution >= 4 is 11.6 Å². The van der Waals surface area contributed by atoms with Crippen molar-refractivity contribution in [2.24, 2.45) is 0 Å². The van der Waals surface area contributed by atoms with Gasteiger partial charge in [-0.05, 0) is 36.2 Å². The van der Waals surface area contributed by atoms with E-state index < -0.39 is 0 Å². The molecule has 0 spiro atoms.